The maximum Gasteiger partial charge on any atom is 0.240 e. The van der Waals surface area contributed by atoms with Gasteiger partial charge in [0.25, 0.3) is 0 Å². The van der Waals surface area contributed by atoms with Crippen molar-refractivity contribution in [3.05, 3.63) is 211 Å². The molecule has 0 radical (unpaired) electrons. The zero-order valence-corrected chi connectivity index (χ0v) is 38.6. The fourth-order valence-electron chi connectivity index (χ4n) is 10.9. The van der Waals surface area contributed by atoms with Crippen molar-refractivity contribution in [3.8, 4) is 79.3 Å². The standard InChI is InChI=1S/C62H45N5O2/c1-62(2)52-20-9-5-16-47(52)50-32-33-56-57(58(50)62)51-19-8-12-23-55(51)67(56)61-64-59(63-60(65-61)66-53-21-10-6-17-48(53)49-18-7-11-22-54(49)66)41-15-13-14-40(34-41)44-36-42(38-24-28-45(68-3)29-25-38)35-43(37-44)39-26-30-46(69-4)31-27-39/h5-37H,1-4H3. The predicted octanol–water partition coefficient (Wildman–Crippen LogP) is 15.1. The van der Waals surface area contributed by atoms with Gasteiger partial charge in [-0.15, -0.1) is 0 Å². The van der Waals surface area contributed by atoms with Crippen molar-refractivity contribution in [2.24, 2.45) is 0 Å². The van der Waals surface area contributed by atoms with E-state index < -0.39 is 0 Å². The van der Waals surface area contributed by atoms with E-state index in [0.717, 1.165) is 88.7 Å². The number of aromatic nitrogens is 5. The van der Waals surface area contributed by atoms with E-state index in [-0.39, 0.29) is 5.41 Å². The highest BCUT2D eigenvalue weighted by atomic mass is 16.5. The van der Waals surface area contributed by atoms with E-state index in [1.165, 1.54) is 27.6 Å². The Morgan fingerprint density at radius 2 is 0.855 bits per heavy atom. The molecule has 0 bridgehead atoms. The molecule has 0 saturated heterocycles. The van der Waals surface area contributed by atoms with E-state index in [2.05, 4.69) is 199 Å². The maximum atomic E-state index is 5.52. The Balaban J connectivity index is 1.05. The fourth-order valence-corrected chi connectivity index (χ4v) is 10.9. The second-order valence-corrected chi connectivity index (χ2v) is 18.4. The molecule has 330 valence electrons. The Morgan fingerprint density at radius 3 is 1.45 bits per heavy atom. The molecular weight excluding hydrogens is 847 g/mol. The van der Waals surface area contributed by atoms with Crippen LogP contribution in [0.25, 0.3) is 111 Å². The van der Waals surface area contributed by atoms with Crippen molar-refractivity contribution < 1.29 is 9.47 Å². The number of methoxy groups -OCH3 is 2. The first-order valence-electron chi connectivity index (χ1n) is 23.3. The lowest BCUT2D eigenvalue weighted by molar-refractivity contribution is 0.415. The predicted molar refractivity (Wildman–Crippen MR) is 281 cm³/mol. The number of rotatable bonds is 8. The zero-order valence-electron chi connectivity index (χ0n) is 38.6. The van der Waals surface area contributed by atoms with Crippen LogP contribution >= 0.6 is 0 Å². The summed E-state index contributed by atoms with van der Waals surface area (Å²) in [6.45, 7) is 4.70. The van der Waals surface area contributed by atoms with Crippen LogP contribution in [-0.2, 0) is 5.41 Å². The summed E-state index contributed by atoms with van der Waals surface area (Å²) in [4.78, 5) is 16.4. The molecule has 3 heterocycles. The van der Waals surface area contributed by atoms with E-state index in [1.807, 2.05) is 24.3 Å². The second-order valence-electron chi connectivity index (χ2n) is 18.4. The molecule has 0 amide bonds. The van der Waals surface area contributed by atoms with Crippen LogP contribution in [0.2, 0.25) is 0 Å². The van der Waals surface area contributed by atoms with Crippen LogP contribution in [0.1, 0.15) is 25.0 Å². The zero-order chi connectivity index (χ0) is 46.4. The molecule has 9 aromatic carbocycles. The van der Waals surface area contributed by atoms with Gasteiger partial charge >= 0.3 is 0 Å². The van der Waals surface area contributed by atoms with Gasteiger partial charge in [-0.2, -0.15) is 15.0 Å². The summed E-state index contributed by atoms with van der Waals surface area (Å²) in [7, 11) is 3.39. The van der Waals surface area contributed by atoms with E-state index in [0.29, 0.717) is 17.7 Å². The van der Waals surface area contributed by atoms with Gasteiger partial charge in [0.1, 0.15) is 11.5 Å². The van der Waals surface area contributed by atoms with Crippen molar-refractivity contribution in [2.45, 2.75) is 19.3 Å². The summed E-state index contributed by atoms with van der Waals surface area (Å²) >= 11 is 0. The molecule has 0 atom stereocenters. The molecule has 69 heavy (non-hydrogen) atoms. The summed E-state index contributed by atoms with van der Waals surface area (Å²) in [5.41, 5.74) is 16.5. The molecule has 12 aromatic rings. The number of nitrogens with zero attached hydrogens (tertiary/aromatic N) is 5. The summed E-state index contributed by atoms with van der Waals surface area (Å²) < 4.78 is 15.5. The topological polar surface area (TPSA) is 67.0 Å². The van der Waals surface area contributed by atoms with Gasteiger partial charge in [-0.1, -0.05) is 141 Å². The molecule has 7 heteroatoms. The van der Waals surface area contributed by atoms with Gasteiger partial charge in [0.2, 0.25) is 11.9 Å². The Hall–Kier alpha value is -8.81. The molecule has 1 aliphatic rings. The highest BCUT2D eigenvalue weighted by Gasteiger charge is 2.38. The van der Waals surface area contributed by atoms with E-state index in [4.69, 9.17) is 24.4 Å². The quantitative estimate of drug-likeness (QED) is 0.152. The molecule has 0 aliphatic heterocycles. The van der Waals surface area contributed by atoms with Crippen LogP contribution in [0.4, 0.5) is 0 Å². The van der Waals surface area contributed by atoms with Gasteiger partial charge in [0, 0.05) is 32.5 Å². The SMILES string of the molecule is COc1ccc(-c2cc(-c3ccc(OC)cc3)cc(-c3cccc(-c4nc(-n5c6ccccc6c6ccccc65)nc(-n5c6ccccc6c6c7c(ccc65)-c5ccccc5C7(C)C)n4)c3)c2)cc1. The third-order valence-electron chi connectivity index (χ3n) is 14.2. The van der Waals surface area contributed by atoms with E-state index >= 15 is 0 Å². The summed E-state index contributed by atoms with van der Waals surface area (Å²) in [6, 6.07) is 70.9. The molecule has 0 N–H and O–H groups in total. The Morgan fingerprint density at radius 1 is 0.377 bits per heavy atom. The molecular formula is C62H45N5O2. The minimum atomic E-state index is -0.225. The van der Waals surface area contributed by atoms with Crippen molar-refractivity contribution in [1.82, 2.24) is 24.1 Å². The first-order chi connectivity index (χ1) is 33.9. The van der Waals surface area contributed by atoms with Crippen LogP contribution in [0, 0.1) is 0 Å². The van der Waals surface area contributed by atoms with Gasteiger partial charge in [0.05, 0.1) is 36.3 Å². The largest absolute Gasteiger partial charge is 0.497 e. The van der Waals surface area contributed by atoms with Gasteiger partial charge in [-0.05, 0) is 128 Å². The first kappa shape index (κ1) is 40.5. The third-order valence-corrected chi connectivity index (χ3v) is 14.2. The molecule has 7 nitrogen and oxygen atoms in total. The maximum absolute atomic E-state index is 5.52. The first-order valence-corrected chi connectivity index (χ1v) is 23.3. The van der Waals surface area contributed by atoms with Crippen LogP contribution in [0.3, 0.4) is 0 Å². The molecule has 0 fully saturated rings. The van der Waals surface area contributed by atoms with Gasteiger partial charge in [-0.25, -0.2) is 0 Å². The molecule has 0 spiro atoms. The normalized spacial score (nSPS) is 12.8. The van der Waals surface area contributed by atoms with Crippen molar-refractivity contribution >= 4 is 43.6 Å². The molecule has 0 saturated carbocycles. The van der Waals surface area contributed by atoms with Crippen LogP contribution in [0.15, 0.2) is 200 Å². The molecule has 3 aromatic heterocycles. The Labute approximate surface area is 399 Å². The van der Waals surface area contributed by atoms with Crippen LogP contribution in [0.5, 0.6) is 11.5 Å². The minimum Gasteiger partial charge on any atom is -0.497 e. The van der Waals surface area contributed by atoms with Crippen molar-refractivity contribution in [3.63, 3.8) is 0 Å². The monoisotopic (exact) mass is 891 g/mol. The minimum absolute atomic E-state index is 0.225. The fraction of sp³-hybridized carbons (Fsp3) is 0.0806. The number of benzene rings is 9. The van der Waals surface area contributed by atoms with Crippen LogP contribution in [-0.4, -0.2) is 38.3 Å². The van der Waals surface area contributed by atoms with Gasteiger partial charge in [-0.3, -0.25) is 9.13 Å². The molecule has 13 rings (SSSR count). The number of hydrogen-bond acceptors (Lipinski definition) is 5. The smallest absolute Gasteiger partial charge is 0.240 e. The van der Waals surface area contributed by atoms with E-state index in [1.54, 1.807) is 14.2 Å². The highest BCUT2D eigenvalue weighted by molar-refractivity contribution is 6.14. The number of ether oxygens (including phenoxy) is 2. The average molecular weight is 892 g/mol. The Bertz CT molecular complexity index is 3890. The molecule has 0 unspecified atom stereocenters. The summed E-state index contributed by atoms with van der Waals surface area (Å²) in [5.74, 6) is 3.29. The molecule has 1 aliphatic carbocycles. The lowest BCUT2D eigenvalue weighted by Gasteiger charge is -2.22. The average Bonchev–Trinajstić information content (AvgIpc) is 4.01. The third kappa shape index (κ3) is 6.38. The summed E-state index contributed by atoms with van der Waals surface area (Å²) in [6.07, 6.45) is 0. The number of para-hydroxylation sites is 3. The van der Waals surface area contributed by atoms with E-state index in [9.17, 15) is 0 Å². The summed E-state index contributed by atoms with van der Waals surface area (Å²) in [5, 5.41) is 4.66. The van der Waals surface area contributed by atoms with Crippen LogP contribution < -0.4 is 9.47 Å². The lowest BCUT2D eigenvalue weighted by atomic mass is 9.80. The second kappa shape index (κ2) is 15.6. The lowest BCUT2D eigenvalue weighted by Crippen LogP contribution is -2.15. The Kier molecular flexibility index (Phi) is 9.17. The number of hydrogen-bond donors (Lipinski definition) is 0. The highest BCUT2D eigenvalue weighted by Crippen LogP contribution is 2.53. The van der Waals surface area contributed by atoms with Gasteiger partial charge in [0.15, 0.2) is 5.82 Å². The number of fused-ring (bicyclic) bond motifs is 10. The van der Waals surface area contributed by atoms with Crippen molar-refractivity contribution in [2.75, 3.05) is 14.2 Å². The van der Waals surface area contributed by atoms with Gasteiger partial charge < -0.3 is 9.47 Å². The van der Waals surface area contributed by atoms with Crippen molar-refractivity contribution in [1.29, 1.82) is 0 Å².